The van der Waals surface area contributed by atoms with Crippen molar-refractivity contribution < 1.29 is 4.79 Å². The first-order valence-corrected chi connectivity index (χ1v) is 6.75. The lowest BCUT2D eigenvalue weighted by molar-refractivity contribution is 0.0709. The van der Waals surface area contributed by atoms with E-state index in [1.165, 1.54) is 0 Å². The molecular weight excluding hydrogens is 304 g/mol. The molecule has 17 heavy (non-hydrogen) atoms. The van der Waals surface area contributed by atoms with Crippen LogP contribution in [0.4, 0.5) is 0 Å². The van der Waals surface area contributed by atoms with Gasteiger partial charge in [0.25, 0.3) is 5.91 Å². The third-order valence-electron chi connectivity index (χ3n) is 2.91. The Labute approximate surface area is 114 Å². The van der Waals surface area contributed by atoms with Crippen LogP contribution in [0.3, 0.4) is 0 Å². The van der Waals surface area contributed by atoms with Crippen molar-refractivity contribution in [3.05, 3.63) is 33.3 Å². The van der Waals surface area contributed by atoms with Crippen molar-refractivity contribution in [3.8, 4) is 0 Å². The lowest BCUT2D eigenvalue weighted by Crippen LogP contribution is -2.45. The van der Waals surface area contributed by atoms with E-state index in [1.54, 1.807) is 17.0 Å². The van der Waals surface area contributed by atoms with Crippen molar-refractivity contribution in [3.63, 3.8) is 0 Å². The molecule has 0 aromatic heterocycles. The number of benzene rings is 1. The summed E-state index contributed by atoms with van der Waals surface area (Å²) in [4.78, 5) is 14.0. The Morgan fingerprint density at radius 3 is 2.94 bits per heavy atom. The molecule has 1 aromatic rings. The molecule has 0 unspecified atom stereocenters. The minimum absolute atomic E-state index is 0.0300. The van der Waals surface area contributed by atoms with Gasteiger partial charge in [0.15, 0.2) is 0 Å². The van der Waals surface area contributed by atoms with Crippen LogP contribution in [0.5, 0.6) is 0 Å². The highest BCUT2D eigenvalue weighted by atomic mass is 79.9. The fraction of sp³-hybridized carbons (Fsp3) is 0.417. The first-order chi connectivity index (χ1) is 8.08. The van der Waals surface area contributed by atoms with Crippen molar-refractivity contribution in [2.75, 3.05) is 13.1 Å². The molecule has 1 saturated heterocycles. The summed E-state index contributed by atoms with van der Waals surface area (Å²) in [7, 11) is 0. The van der Waals surface area contributed by atoms with E-state index in [1.807, 2.05) is 6.07 Å². The van der Waals surface area contributed by atoms with Gasteiger partial charge in [0.05, 0.1) is 10.6 Å². The van der Waals surface area contributed by atoms with Crippen molar-refractivity contribution in [1.29, 1.82) is 0 Å². The van der Waals surface area contributed by atoms with Crippen LogP contribution in [0.25, 0.3) is 0 Å². The van der Waals surface area contributed by atoms with Crippen molar-refractivity contribution >= 4 is 33.4 Å². The lowest BCUT2D eigenvalue weighted by Gasteiger charge is -2.31. The Balaban J connectivity index is 2.18. The third-order valence-corrected chi connectivity index (χ3v) is 3.71. The van der Waals surface area contributed by atoms with Gasteiger partial charge in [-0.2, -0.15) is 0 Å². The molecule has 1 aliphatic rings. The first-order valence-electron chi connectivity index (χ1n) is 5.58. The zero-order valence-corrected chi connectivity index (χ0v) is 11.7. The summed E-state index contributed by atoms with van der Waals surface area (Å²) in [5.41, 5.74) is 6.41. The van der Waals surface area contributed by atoms with Crippen LogP contribution < -0.4 is 5.73 Å². The molecule has 1 aliphatic heterocycles. The van der Waals surface area contributed by atoms with Gasteiger partial charge in [-0.05, 0) is 31.0 Å². The Bertz CT molecular complexity index is 439. The molecule has 2 rings (SSSR count). The standard InChI is InChI=1S/C12H14BrClN2O/c13-8-3-4-10(11(14)6-8)12(17)16-5-1-2-9(15)7-16/h3-4,6,9H,1-2,5,7,15H2/t9-/m1/s1. The van der Waals surface area contributed by atoms with E-state index in [0.717, 1.165) is 23.9 Å². The normalized spacial score (nSPS) is 20.4. The number of rotatable bonds is 1. The van der Waals surface area contributed by atoms with E-state index in [-0.39, 0.29) is 11.9 Å². The van der Waals surface area contributed by atoms with Gasteiger partial charge in [0.2, 0.25) is 0 Å². The van der Waals surface area contributed by atoms with E-state index in [9.17, 15) is 4.79 Å². The molecule has 92 valence electrons. The zero-order valence-electron chi connectivity index (χ0n) is 9.33. The van der Waals surface area contributed by atoms with Crippen LogP contribution in [0.1, 0.15) is 23.2 Å². The van der Waals surface area contributed by atoms with Gasteiger partial charge in [-0.25, -0.2) is 0 Å². The average Bonchev–Trinajstić information content (AvgIpc) is 2.28. The van der Waals surface area contributed by atoms with Crippen LogP contribution in [0.15, 0.2) is 22.7 Å². The molecule has 0 aliphatic carbocycles. The fourth-order valence-corrected chi connectivity index (χ4v) is 2.78. The number of piperidine rings is 1. The van der Waals surface area contributed by atoms with Crippen LogP contribution in [-0.2, 0) is 0 Å². The highest BCUT2D eigenvalue weighted by molar-refractivity contribution is 9.10. The highest BCUT2D eigenvalue weighted by Gasteiger charge is 2.23. The second-order valence-corrected chi connectivity index (χ2v) is 5.60. The largest absolute Gasteiger partial charge is 0.337 e. The molecule has 1 heterocycles. The Kier molecular flexibility index (Phi) is 4.07. The molecule has 2 N–H and O–H groups in total. The number of likely N-dealkylation sites (tertiary alicyclic amines) is 1. The number of hydrogen-bond acceptors (Lipinski definition) is 2. The van der Waals surface area contributed by atoms with E-state index in [0.29, 0.717) is 17.1 Å². The summed E-state index contributed by atoms with van der Waals surface area (Å²) in [6.07, 6.45) is 1.94. The monoisotopic (exact) mass is 316 g/mol. The van der Waals surface area contributed by atoms with Gasteiger partial charge in [-0.3, -0.25) is 4.79 Å². The topological polar surface area (TPSA) is 46.3 Å². The number of carbonyl (C=O) groups excluding carboxylic acids is 1. The molecule has 1 aromatic carbocycles. The predicted octanol–water partition coefficient (Wildman–Crippen LogP) is 2.67. The molecule has 1 fully saturated rings. The molecular formula is C12H14BrClN2O. The summed E-state index contributed by atoms with van der Waals surface area (Å²) in [5.74, 6) is -0.0300. The second-order valence-electron chi connectivity index (χ2n) is 4.28. The van der Waals surface area contributed by atoms with Gasteiger partial charge in [-0.1, -0.05) is 27.5 Å². The van der Waals surface area contributed by atoms with Gasteiger partial charge < -0.3 is 10.6 Å². The van der Waals surface area contributed by atoms with Crippen molar-refractivity contribution in [1.82, 2.24) is 4.90 Å². The molecule has 0 bridgehead atoms. The molecule has 3 nitrogen and oxygen atoms in total. The molecule has 1 atom stereocenters. The van der Waals surface area contributed by atoms with Crippen molar-refractivity contribution in [2.45, 2.75) is 18.9 Å². The van der Waals surface area contributed by atoms with Crippen LogP contribution in [-0.4, -0.2) is 29.9 Å². The van der Waals surface area contributed by atoms with Gasteiger partial charge >= 0.3 is 0 Å². The third kappa shape index (κ3) is 3.00. The van der Waals surface area contributed by atoms with Gasteiger partial charge in [-0.15, -0.1) is 0 Å². The van der Waals surface area contributed by atoms with Gasteiger partial charge in [0, 0.05) is 23.6 Å². The Hall–Kier alpha value is -0.580. The van der Waals surface area contributed by atoms with Crippen LogP contribution in [0.2, 0.25) is 5.02 Å². The quantitative estimate of drug-likeness (QED) is 0.865. The maximum absolute atomic E-state index is 12.2. The first kappa shape index (κ1) is 12.9. The number of halogens is 2. The SMILES string of the molecule is N[C@@H]1CCCN(C(=O)c2ccc(Br)cc2Cl)C1. The molecule has 0 saturated carbocycles. The van der Waals surface area contributed by atoms with E-state index >= 15 is 0 Å². The molecule has 5 heteroatoms. The number of nitrogens with two attached hydrogens (primary N) is 1. The lowest BCUT2D eigenvalue weighted by atomic mass is 10.1. The summed E-state index contributed by atoms with van der Waals surface area (Å²) in [6.45, 7) is 1.38. The number of carbonyl (C=O) groups is 1. The minimum atomic E-state index is -0.0300. The maximum Gasteiger partial charge on any atom is 0.255 e. The van der Waals surface area contributed by atoms with Crippen molar-refractivity contribution in [2.24, 2.45) is 5.73 Å². The predicted molar refractivity (Wildman–Crippen MR) is 72.3 cm³/mol. The van der Waals surface area contributed by atoms with E-state index in [2.05, 4.69) is 15.9 Å². The Morgan fingerprint density at radius 1 is 1.53 bits per heavy atom. The summed E-state index contributed by atoms with van der Waals surface area (Å²) >= 11 is 9.39. The number of hydrogen-bond donors (Lipinski definition) is 1. The average molecular weight is 318 g/mol. The number of nitrogens with zero attached hydrogens (tertiary/aromatic N) is 1. The minimum Gasteiger partial charge on any atom is -0.337 e. The van der Waals surface area contributed by atoms with Gasteiger partial charge in [0.1, 0.15) is 0 Å². The van der Waals surface area contributed by atoms with E-state index < -0.39 is 0 Å². The summed E-state index contributed by atoms with van der Waals surface area (Å²) < 4.78 is 0.870. The molecule has 0 radical (unpaired) electrons. The summed E-state index contributed by atoms with van der Waals surface area (Å²) in [5, 5.41) is 0.475. The summed E-state index contributed by atoms with van der Waals surface area (Å²) in [6, 6.07) is 5.39. The number of amides is 1. The van der Waals surface area contributed by atoms with E-state index in [4.69, 9.17) is 17.3 Å². The maximum atomic E-state index is 12.2. The zero-order chi connectivity index (χ0) is 12.4. The van der Waals surface area contributed by atoms with Crippen LogP contribution in [0, 0.1) is 0 Å². The molecule has 1 amide bonds. The fourth-order valence-electron chi connectivity index (χ4n) is 2.03. The molecule has 0 spiro atoms. The smallest absolute Gasteiger partial charge is 0.255 e. The Morgan fingerprint density at radius 2 is 2.29 bits per heavy atom. The second kappa shape index (κ2) is 5.38. The highest BCUT2D eigenvalue weighted by Crippen LogP contribution is 2.23. The van der Waals surface area contributed by atoms with Crippen LogP contribution >= 0.6 is 27.5 Å².